The number of hydrogen-bond donors (Lipinski definition) is 8. The van der Waals surface area contributed by atoms with Crippen LogP contribution in [0.15, 0.2) is 90.5 Å². The molecule has 2 aliphatic rings. The standard InChI is InChI=1S/C68H98N10O13S/c1-42(2)52(77(13)63(86)58(66(7,8)9)74-61(84)57(70-12)67(10,11)49-22-16-14-17-23-49)37-44(5)59(82)76-92(89,90)41-47-25-29-50(30-26-47)68(33-34-68)75-65(88)91-40-46-27-31-51(32-28-46)72-60(83)48(21-20-35-71-64(69)87)39-53(79)56(43(3)4)73-54(80)24-18-15-19-36-78-55(81)38-45(6)62(78)85/h14,16-17,22-23,25-32,37,42-43,45,48,52,56-58,70H,15,18-21,24,33-36,38-41H2,1-13H3,(H,72,83)(H,73,80)(H,74,84)(H,75,88)(H,76,82)(H3,69,71,87)/b44-37+/t45?,48-,52-,56+,57-,58?/m1/s1. The molecule has 1 saturated carbocycles. The van der Waals surface area contributed by atoms with Crippen LogP contribution in [0.2, 0.25) is 0 Å². The van der Waals surface area contributed by atoms with E-state index in [9.17, 15) is 56.4 Å². The van der Waals surface area contributed by atoms with E-state index in [0.717, 1.165) is 11.1 Å². The third kappa shape index (κ3) is 21.6. The van der Waals surface area contributed by atoms with Crippen molar-refractivity contribution in [3.63, 3.8) is 0 Å². The lowest BCUT2D eigenvalue weighted by atomic mass is 9.76. The Labute approximate surface area is 542 Å². The Kier molecular flexibility index (Phi) is 26.8. The van der Waals surface area contributed by atoms with Crippen LogP contribution in [0.5, 0.6) is 0 Å². The van der Waals surface area contributed by atoms with Gasteiger partial charge >= 0.3 is 12.1 Å². The molecule has 9 N–H and O–H groups in total. The van der Waals surface area contributed by atoms with Crippen LogP contribution in [0, 0.1) is 29.1 Å². The third-order valence-corrected chi connectivity index (χ3v) is 18.4. The number of nitrogens with zero attached hydrogens (tertiary/aromatic N) is 2. The molecule has 1 aliphatic carbocycles. The smallest absolute Gasteiger partial charge is 0.408 e. The second kappa shape index (κ2) is 33.0. The molecular formula is C68H98N10O13S. The minimum absolute atomic E-state index is 0.0704. The number of imide groups is 1. The fraction of sp³-hybridized carbons (Fsp3) is 0.559. The molecular weight excluding hydrogens is 1200 g/mol. The molecule has 0 aromatic heterocycles. The van der Waals surface area contributed by atoms with Crippen LogP contribution < -0.4 is 42.4 Å². The van der Waals surface area contributed by atoms with Gasteiger partial charge in [-0.05, 0) is 104 Å². The number of carbonyl (C=O) groups excluding carboxylic acids is 10. The van der Waals surface area contributed by atoms with Gasteiger partial charge in [-0.2, -0.15) is 0 Å². The molecule has 0 bridgehead atoms. The highest BCUT2D eigenvalue weighted by Crippen LogP contribution is 2.45. The lowest BCUT2D eigenvalue weighted by Gasteiger charge is -2.40. The van der Waals surface area contributed by atoms with E-state index in [0.29, 0.717) is 61.9 Å². The first-order valence-electron chi connectivity index (χ1n) is 31.8. The number of benzene rings is 3. The predicted molar refractivity (Wildman–Crippen MR) is 351 cm³/mol. The quantitative estimate of drug-likeness (QED) is 0.0168. The van der Waals surface area contributed by atoms with Gasteiger partial charge in [-0.25, -0.2) is 22.7 Å². The van der Waals surface area contributed by atoms with Crippen molar-refractivity contribution in [2.24, 2.45) is 34.8 Å². The summed E-state index contributed by atoms with van der Waals surface area (Å²) in [6.07, 6.45) is 4.40. The van der Waals surface area contributed by atoms with Crippen molar-refractivity contribution in [2.45, 2.75) is 188 Å². The Morgan fingerprint density at radius 2 is 1.43 bits per heavy atom. The number of amides is 10. The van der Waals surface area contributed by atoms with Crippen molar-refractivity contribution in [3.05, 3.63) is 113 Å². The maximum Gasteiger partial charge on any atom is 0.408 e. The van der Waals surface area contributed by atoms with Gasteiger partial charge in [-0.1, -0.05) is 148 Å². The number of sulfonamides is 1. The average molecular weight is 1300 g/mol. The van der Waals surface area contributed by atoms with Crippen molar-refractivity contribution in [2.75, 3.05) is 32.5 Å². The Morgan fingerprint density at radius 3 is 1.99 bits per heavy atom. The van der Waals surface area contributed by atoms with Crippen LogP contribution in [-0.2, 0) is 76.4 Å². The summed E-state index contributed by atoms with van der Waals surface area (Å²) in [7, 11) is -0.923. The van der Waals surface area contributed by atoms with Gasteiger partial charge in [-0.15, -0.1) is 0 Å². The molecule has 1 aliphatic heterocycles. The summed E-state index contributed by atoms with van der Waals surface area (Å²) < 4.78 is 34.7. The molecule has 0 spiro atoms. The van der Waals surface area contributed by atoms with Crippen molar-refractivity contribution in [3.8, 4) is 0 Å². The van der Waals surface area contributed by atoms with E-state index in [1.54, 1.807) is 89.5 Å². The zero-order chi connectivity index (χ0) is 68.5. The fourth-order valence-corrected chi connectivity index (χ4v) is 12.6. The third-order valence-electron chi connectivity index (χ3n) is 17.2. The summed E-state index contributed by atoms with van der Waals surface area (Å²) in [5.74, 6) is -5.28. The average Bonchev–Trinajstić information content (AvgIpc) is 1.55. The number of nitrogens with two attached hydrogens (primary N) is 1. The molecule has 1 saturated heterocycles. The van der Waals surface area contributed by atoms with Gasteiger partial charge in [0, 0.05) is 67.9 Å². The number of primary amides is 1. The summed E-state index contributed by atoms with van der Waals surface area (Å²) in [4.78, 5) is 134. The summed E-state index contributed by atoms with van der Waals surface area (Å²) in [6, 6.07) is 19.0. The Balaban J connectivity index is 1.11. The molecule has 23 nitrogen and oxygen atoms in total. The number of alkyl carbamates (subject to hydrolysis) is 1. The molecule has 1 heterocycles. The lowest BCUT2D eigenvalue weighted by Crippen LogP contribution is -2.61. The largest absolute Gasteiger partial charge is 0.445 e. The highest BCUT2D eigenvalue weighted by atomic mass is 32.2. The number of carbonyl (C=O) groups is 10. The number of rotatable bonds is 34. The minimum atomic E-state index is -4.22. The molecule has 10 amide bonds. The van der Waals surface area contributed by atoms with Crippen molar-refractivity contribution in [1.82, 2.24) is 41.1 Å². The Hall–Kier alpha value is -7.99. The molecule has 24 heteroatoms. The molecule has 2 unspecified atom stereocenters. The molecule has 504 valence electrons. The normalized spacial score (nSPS) is 16.6. The molecule has 0 radical (unpaired) electrons. The summed E-state index contributed by atoms with van der Waals surface area (Å²) in [5, 5.41) is 17.3. The minimum Gasteiger partial charge on any atom is -0.445 e. The SMILES string of the molecule is CN[C@H](C(=O)NC(C(=O)N(C)[C@H](/C=C(\C)C(=O)NS(=O)(=O)Cc1ccc(C2(NC(=O)OCc3ccc(NC(=O)[C@H](CCCNC(N)=O)CC(=O)[C@@H](NC(=O)CCCCCN4C(=O)CC(C)C4=O)C(C)C)cc3)CC2)cc1)C(C)C)C(C)(C)C)C(C)(C)c1ccccc1. The van der Waals surface area contributed by atoms with E-state index in [-0.39, 0.29) is 97.5 Å². The van der Waals surface area contributed by atoms with Gasteiger partial charge in [0.25, 0.3) is 5.91 Å². The number of nitrogens with one attached hydrogen (secondary N) is 7. The zero-order valence-corrected chi connectivity index (χ0v) is 56.6. The van der Waals surface area contributed by atoms with Gasteiger partial charge < -0.3 is 47.3 Å². The van der Waals surface area contributed by atoms with Gasteiger partial charge in [0.05, 0.1) is 29.4 Å². The molecule has 6 atom stereocenters. The highest BCUT2D eigenvalue weighted by molar-refractivity contribution is 7.89. The van der Waals surface area contributed by atoms with Crippen molar-refractivity contribution < 1.29 is 61.1 Å². The van der Waals surface area contributed by atoms with Crippen LogP contribution in [0.1, 0.15) is 163 Å². The number of anilines is 1. The van der Waals surface area contributed by atoms with E-state index in [1.165, 1.54) is 16.7 Å². The summed E-state index contributed by atoms with van der Waals surface area (Å²) >= 11 is 0. The number of ketones is 1. The van der Waals surface area contributed by atoms with E-state index in [4.69, 9.17) is 10.5 Å². The first kappa shape index (κ1) is 74.7. The number of hydrogen-bond acceptors (Lipinski definition) is 14. The summed E-state index contributed by atoms with van der Waals surface area (Å²) in [5.41, 5.74) is 6.26. The molecule has 2 fully saturated rings. The highest BCUT2D eigenvalue weighted by Gasteiger charge is 2.47. The maximum atomic E-state index is 14.4. The van der Waals surface area contributed by atoms with Crippen molar-refractivity contribution in [1.29, 1.82) is 0 Å². The fourth-order valence-electron chi connectivity index (χ4n) is 11.4. The van der Waals surface area contributed by atoms with Crippen molar-refractivity contribution >= 4 is 75.0 Å². The second-order valence-corrected chi connectivity index (χ2v) is 28.6. The molecule has 92 heavy (non-hydrogen) atoms. The van der Waals surface area contributed by atoms with E-state index < -0.39 is 86.2 Å². The van der Waals surface area contributed by atoms with Crippen LogP contribution in [0.4, 0.5) is 15.3 Å². The predicted octanol–water partition coefficient (Wildman–Crippen LogP) is 7.13. The number of unbranched alkanes of at least 4 members (excludes halogenated alkanes) is 2. The monoisotopic (exact) mass is 1290 g/mol. The molecule has 3 aromatic carbocycles. The first-order chi connectivity index (χ1) is 43.1. The van der Waals surface area contributed by atoms with Crippen LogP contribution in [0.3, 0.4) is 0 Å². The number of ether oxygens (including phenoxy) is 1. The first-order valence-corrected chi connectivity index (χ1v) is 33.4. The second-order valence-electron chi connectivity index (χ2n) is 26.9. The Morgan fingerprint density at radius 1 is 0.804 bits per heavy atom. The molecule has 3 aromatic rings. The maximum absolute atomic E-state index is 14.4. The summed E-state index contributed by atoms with van der Waals surface area (Å²) in [6.45, 7) is 20.4. The van der Waals surface area contributed by atoms with Gasteiger partial charge in [-0.3, -0.25) is 43.3 Å². The van der Waals surface area contributed by atoms with Gasteiger partial charge in [0.15, 0.2) is 5.78 Å². The number of Topliss-reactive ketones (excluding diaryl/α,β-unsaturated/α-hetero) is 1. The zero-order valence-electron chi connectivity index (χ0n) is 55.8. The van der Waals surface area contributed by atoms with E-state index in [2.05, 4.69) is 36.6 Å². The number of urea groups is 1. The number of likely N-dealkylation sites (N-methyl/N-ethyl adjacent to an activating group) is 2. The van der Waals surface area contributed by atoms with Crippen LogP contribution in [-0.4, -0.2) is 129 Å². The van der Waals surface area contributed by atoms with Crippen LogP contribution >= 0.6 is 0 Å². The van der Waals surface area contributed by atoms with Crippen LogP contribution in [0.25, 0.3) is 0 Å². The Bertz CT molecular complexity index is 3250. The lowest BCUT2D eigenvalue weighted by molar-refractivity contribution is -0.141. The molecule has 5 rings (SSSR count). The van der Waals surface area contributed by atoms with E-state index >= 15 is 0 Å². The van der Waals surface area contributed by atoms with Gasteiger partial charge in [0.2, 0.25) is 45.5 Å². The topological polar surface area (TPSA) is 331 Å². The number of likely N-dealkylation sites (tertiary alicyclic amines) is 1. The van der Waals surface area contributed by atoms with E-state index in [1.807, 2.05) is 78.8 Å². The van der Waals surface area contributed by atoms with Gasteiger partial charge in [0.1, 0.15) is 12.6 Å².